The molecule has 0 aromatic heterocycles. The average molecular weight is 351 g/mol. The van der Waals surface area contributed by atoms with Crippen molar-refractivity contribution in [2.75, 3.05) is 6.54 Å². The first-order valence-corrected chi connectivity index (χ1v) is 8.80. The summed E-state index contributed by atoms with van der Waals surface area (Å²) in [6.45, 7) is 2.30. The van der Waals surface area contributed by atoms with E-state index < -0.39 is 6.10 Å². The summed E-state index contributed by atoms with van der Waals surface area (Å²) >= 11 is 0. The zero-order chi connectivity index (χ0) is 18.4. The third-order valence-corrected chi connectivity index (χ3v) is 4.28. The van der Waals surface area contributed by atoms with Gasteiger partial charge in [-0.1, -0.05) is 48.5 Å². The Hall–Kier alpha value is -2.88. The number of hydrogen-bond acceptors (Lipinski definition) is 2. The summed E-state index contributed by atoms with van der Waals surface area (Å²) in [7, 11) is 0. The van der Waals surface area contributed by atoms with E-state index in [-0.39, 0.29) is 11.7 Å². The Balaban J connectivity index is 1.49. The van der Waals surface area contributed by atoms with Crippen molar-refractivity contribution in [1.29, 1.82) is 0 Å². The lowest BCUT2D eigenvalue weighted by Gasteiger charge is -2.16. The maximum absolute atomic E-state index is 12.9. The molecule has 0 aliphatic carbocycles. The van der Waals surface area contributed by atoms with Crippen LogP contribution in [0.1, 0.15) is 18.9 Å². The second-order valence-corrected chi connectivity index (χ2v) is 6.26. The van der Waals surface area contributed by atoms with Crippen molar-refractivity contribution in [2.45, 2.75) is 25.9 Å². The Morgan fingerprint density at radius 1 is 1.04 bits per heavy atom. The van der Waals surface area contributed by atoms with Gasteiger partial charge in [-0.05, 0) is 48.9 Å². The number of ether oxygens (including phenoxy) is 1. The largest absolute Gasteiger partial charge is 0.480 e. The van der Waals surface area contributed by atoms with Gasteiger partial charge in [-0.3, -0.25) is 4.79 Å². The summed E-state index contributed by atoms with van der Waals surface area (Å²) in [5, 5.41) is 4.97. The van der Waals surface area contributed by atoms with Crippen LogP contribution in [0.5, 0.6) is 5.75 Å². The van der Waals surface area contributed by atoms with Crippen LogP contribution in [0, 0.1) is 5.82 Å². The molecule has 0 saturated carbocycles. The normalized spacial score (nSPS) is 11.9. The van der Waals surface area contributed by atoms with E-state index in [4.69, 9.17) is 4.74 Å². The molecule has 0 aliphatic rings. The predicted molar refractivity (Wildman–Crippen MR) is 102 cm³/mol. The number of rotatable bonds is 7. The topological polar surface area (TPSA) is 38.3 Å². The van der Waals surface area contributed by atoms with E-state index >= 15 is 0 Å². The quantitative estimate of drug-likeness (QED) is 0.637. The van der Waals surface area contributed by atoms with Gasteiger partial charge in [0.25, 0.3) is 5.91 Å². The van der Waals surface area contributed by atoms with E-state index in [0.717, 1.165) is 29.2 Å². The molecular weight excluding hydrogens is 329 g/mol. The van der Waals surface area contributed by atoms with Crippen LogP contribution in [0.15, 0.2) is 66.7 Å². The van der Waals surface area contributed by atoms with Crippen LogP contribution in [0.25, 0.3) is 10.8 Å². The average Bonchev–Trinajstić information content (AvgIpc) is 2.66. The SMILES string of the molecule is C[C@@H](Oc1cccc2ccccc12)C(=O)NCCCc1ccc(F)cc1. The highest BCUT2D eigenvalue weighted by atomic mass is 19.1. The number of carbonyl (C=O) groups is 1. The number of aryl methyl sites for hydroxylation is 1. The highest BCUT2D eigenvalue weighted by Gasteiger charge is 2.15. The van der Waals surface area contributed by atoms with Gasteiger partial charge in [0.1, 0.15) is 11.6 Å². The fourth-order valence-electron chi connectivity index (χ4n) is 2.84. The third kappa shape index (κ3) is 4.60. The Morgan fingerprint density at radius 2 is 1.77 bits per heavy atom. The molecule has 0 heterocycles. The fraction of sp³-hybridized carbons (Fsp3) is 0.227. The first-order valence-electron chi connectivity index (χ1n) is 8.80. The van der Waals surface area contributed by atoms with Crippen LogP contribution < -0.4 is 10.1 Å². The second-order valence-electron chi connectivity index (χ2n) is 6.26. The molecule has 0 fully saturated rings. The molecule has 0 bridgehead atoms. The molecule has 0 aliphatic heterocycles. The van der Waals surface area contributed by atoms with Gasteiger partial charge < -0.3 is 10.1 Å². The van der Waals surface area contributed by atoms with E-state index in [9.17, 15) is 9.18 Å². The van der Waals surface area contributed by atoms with E-state index in [1.54, 1.807) is 19.1 Å². The summed E-state index contributed by atoms with van der Waals surface area (Å²) in [5.41, 5.74) is 1.06. The molecule has 0 unspecified atom stereocenters. The molecule has 3 aromatic rings. The summed E-state index contributed by atoms with van der Waals surface area (Å²) in [4.78, 5) is 12.3. The standard InChI is InChI=1S/C22H22FNO2/c1-16(26-21-10-4-8-18-7-2-3-9-20(18)21)22(25)24-15-5-6-17-11-13-19(23)14-12-17/h2-4,7-14,16H,5-6,15H2,1H3,(H,24,25)/t16-/m1/s1. The molecule has 3 aromatic carbocycles. The van der Waals surface area contributed by atoms with Crippen LogP contribution >= 0.6 is 0 Å². The first-order chi connectivity index (χ1) is 12.6. The van der Waals surface area contributed by atoms with Crippen LogP contribution in [-0.4, -0.2) is 18.6 Å². The Morgan fingerprint density at radius 3 is 2.58 bits per heavy atom. The van der Waals surface area contributed by atoms with Crippen molar-refractivity contribution >= 4 is 16.7 Å². The number of nitrogens with one attached hydrogen (secondary N) is 1. The Labute approximate surface area is 152 Å². The lowest BCUT2D eigenvalue weighted by Crippen LogP contribution is -2.37. The Kier molecular flexibility index (Phi) is 5.84. The van der Waals surface area contributed by atoms with Gasteiger partial charge in [0.15, 0.2) is 6.10 Å². The molecule has 26 heavy (non-hydrogen) atoms. The summed E-state index contributed by atoms with van der Waals surface area (Å²) < 4.78 is 18.7. The molecular formula is C22H22FNO2. The van der Waals surface area contributed by atoms with Crippen LogP contribution in [0.3, 0.4) is 0 Å². The first kappa shape index (κ1) is 17.9. The predicted octanol–water partition coefficient (Wildman–Crippen LogP) is 4.50. The minimum atomic E-state index is -0.577. The van der Waals surface area contributed by atoms with Crippen molar-refractivity contribution in [3.63, 3.8) is 0 Å². The minimum absolute atomic E-state index is 0.142. The molecule has 0 radical (unpaired) electrons. The molecule has 1 amide bonds. The maximum Gasteiger partial charge on any atom is 0.260 e. The van der Waals surface area contributed by atoms with Crippen molar-refractivity contribution < 1.29 is 13.9 Å². The number of fused-ring (bicyclic) bond motifs is 1. The molecule has 0 spiro atoms. The van der Waals surface area contributed by atoms with E-state index in [1.807, 2.05) is 42.5 Å². The van der Waals surface area contributed by atoms with Gasteiger partial charge >= 0.3 is 0 Å². The number of halogens is 1. The lowest BCUT2D eigenvalue weighted by molar-refractivity contribution is -0.127. The van der Waals surface area contributed by atoms with E-state index in [1.165, 1.54) is 12.1 Å². The number of hydrogen-bond donors (Lipinski definition) is 1. The minimum Gasteiger partial charge on any atom is -0.480 e. The zero-order valence-electron chi connectivity index (χ0n) is 14.7. The summed E-state index contributed by atoms with van der Waals surface area (Å²) in [6, 6.07) is 20.2. The van der Waals surface area contributed by atoms with Gasteiger partial charge in [0.05, 0.1) is 0 Å². The fourth-order valence-corrected chi connectivity index (χ4v) is 2.84. The van der Waals surface area contributed by atoms with E-state index in [0.29, 0.717) is 12.3 Å². The summed E-state index contributed by atoms with van der Waals surface area (Å²) in [6.07, 6.45) is 1.00. The van der Waals surface area contributed by atoms with Gasteiger partial charge in [0.2, 0.25) is 0 Å². The van der Waals surface area contributed by atoms with Crippen molar-refractivity contribution in [3.05, 3.63) is 78.1 Å². The molecule has 0 saturated heterocycles. The molecule has 1 atom stereocenters. The molecule has 4 heteroatoms. The molecule has 134 valence electrons. The monoisotopic (exact) mass is 351 g/mol. The van der Waals surface area contributed by atoms with Crippen molar-refractivity contribution in [2.24, 2.45) is 0 Å². The van der Waals surface area contributed by atoms with Gasteiger partial charge in [0, 0.05) is 11.9 Å². The maximum atomic E-state index is 12.9. The van der Waals surface area contributed by atoms with Crippen LogP contribution in [0.4, 0.5) is 4.39 Å². The van der Waals surface area contributed by atoms with Gasteiger partial charge in [-0.25, -0.2) is 4.39 Å². The zero-order valence-corrected chi connectivity index (χ0v) is 14.7. The lowest BCUT2D eigenvalue weighted by atomic mass is 10.1. The van der Waals surface area contributed by atoms with Crippen molar-refractivity contribution in [1.82, 2.24) is 5.32 Å². The van der Waals surface area contributed by atoms with E-state index in [2.05, 4.69) is 5.32 Å². The molecule has 1 N–H and O–H groups in total. The summed E-state index contributed by atoms with van der Waals surface area (Å²) in [5.74, 6) is 0.329. The molecule has 3 rings (SSSR count). The van der Waals surface area contributed by atoms with Crippen LogP contribution in [-0.2, 0) is 11.2 Å². The second kappa shape index (κ2) is 8.48. The van der Waals surface area contributed by atoms with Crippen LogP contribution in [0.2, 0.25) is 0 Å². The smallest absolute Gasteiger partial charge is 0.260 e. The molecule has 3 nitrogen and oxygen atoms in total. The third-order valence-electron chi connectivity index (χ3n) is 4.28. The van der Waals surface area contributed by atoms with Gasteiger partial charge in [-0.15, -0.1) is 0 Å². The Bertz CT molecular complexity index is 871. The number of carbonyl (C=O) groups excluding carboxylic acids is 1. The van der Waals surface area contributed by atoms with Gasteiger partial charge in [-0.2, -0.15) is 0 Å². The highest BCUT2D eigenvalue weighted by Crippen LogP contribution is 2.26. The number of benzene rings is 3. The number of amides is 1. The highest BCUT2D eigenvalue weighted by molar-refractivity contribution is 5.89. The van der Waals surface area contributed by atoms with Crippen molar-refractivity contribution in [3.8, 4) is 5.75 Å².